The SMILES string of the molecule is CC(C)B(Cl)[C@@H]1C[C@@H]2C[C@H]([C@H]1C)C2(C)C. The second kappa shape index (κ2) is 3.69. The molecule has 0 radical (unpaired) electrons. The first-order valence-corrected chi connectivity index (χ1v) is 6.93. The predicted octanol–water partition coefficient (Wildman–Crippen LogP) is 4.70. The predicted molar refractivity (Wildman–Crippen MR) is 69.6 cm³/mol. The van der Waals surface area contributed by atoms with Crippen LogP contribution in [-0.4, -0.2) is 6.13 Å². The molecule has 3 saturated carbocycles. The van der Waals surface area contributed by atoms with Crippen molar-refractivity contribution in [1.29, 1.82) is 0 Å². The molecule has 3 aliphatic carbocycles. The van der Waals surface area contributed by atoms with Crippen LogP contribution in [0.2, 0.25) is 11.6 Å². The maximum atomic E-state index is 6.57. The highest BCUT2D eigenvalue weighted by molar-refractivity contribution is 7.08. The lowest BCUT2D eigenvalue weighted by Crippen LogP contribution is -2.55. The van der Waals surface area contributed by atoms with E-state index < -0.39 is 0 Å². The fraction of sp³-hybridized carbons (Fsp3) is 1.00. The minimum Gasteiger partial charge on any atom is -0.195 e. The third kappa shape index (κ3) is 1.66. The molecule has 0 aromatic carbocycles. The summed E-state index contributed by atoms with van der Waals surface area (Å²) >= 11 is 6.57. The summed E-state index contributed by atoms with van der Waals surface area (Å²) < 4.78 is 0. The van der Waals surface area contributed by atoms with Crippen molar-refractivity contribution in [1.82, 2.24) is 0 Å². The van der Waals surface area contributed by atoms with Gasteiger partial charge in [-0.1, -0.05) is 46.9 Å². The van der Waals surface area contributed by atoms with Gasteiger partial charge in [0.25, 0.3) is 6.13 Å². The Morgan fingerprint density at radius 2 is 1.87 bits per heavy atom. The average Bonchev–Trinajstić information content (AvgIpc) is 2.15. The second-order valence-corrected chi connectivity index (χ2v) is 7.31. The number of halogens is 1. The van der Waals surface area contributed by atoms with Crippen LogP contribution in [0.5, 0.6) is 0 Å². The summed E-state index contributed by atoms with van der Waals surface area (Å²) in [7, 11) is 0. The number of fused-ring (bicyclic) bond motifs is 2. The molecule has 2 bridgehead atoms. The molecule has 0 aliphatic heterocycles. The van der Waals surface area contributed by atoms with Crippen molar-refractivity contribution < 1.29 is 0 Å². The standard InChI is InChI=1S/C13H24BCl/c1-8(2)14(15)12-7-10-6-11(9(12)3)13(10,4)5/h8-12H,6-7H2,1-5H3/t9-,10+,11-,12-/m1/s1. The van der Waals surface area contributed by atoms with E-state index in [0.717, 1.165) is 23.6 Å². The van der Waals surface area contributed by atoms with E-state index >= 15 is 0 Å². The van der Waals surface area contributed by atoms with Crippen molar-refractivity contribution in [2.45, 2.75) is 59.1 Å². The maximum Gasteiger partial charge on any atom is 0.256 e. The van der Waals surface area contributed by atoms with Gasteiger partial charge in [0.2, 0.25) is 0 Å². The Morgan fingerprint density at radius 3 is 2.27 bits per heavy atom. The minimum absolute atomic E-state index is 0.390. The number of hydrogen-bond donors (Lipinski definition) is 0. The molecule has 0 unspecified atom stereocenters. The lowest BCUT2D eigenvalue weighted by Gasteiger charge is -2.63. The smallest absolute Gasteiger partial charge is 0.195 e. The topological polar surface area (TPSA) is 0 Å². The van der Waals surface area contributed by atoms with Gasteiger partial charge in [-0.15, -0.1) is 0 Å². The second-order valence-electron chi connectivity index (χ2n) is 6.81. The molecular weight excluding hydrogens is 202 g/mol. The Labute approximate surface area is 100 Å². The zero-order valence-corrected chi connectivity index (χ0v) is 11.5. The van der Waals surface area contributed by atoms with E-state index in [9.17, 15) is 0 Å². The van der Waals surface area contributed by atoms with Gasteiger partial charge in [0.05, 0.1) is 0 Å². The highest BCUT2D eigenvalue weighted by Crippen LogP contribution is 2.65. The molecule has 0 saturated heterocycles. The van der Waals surface area contributed by atoms with E-state index in [1.165, 1.54) is 12.8 Å². The van der Waals surface area contributed by atoms with Crippen LogP contribution in [0.25, 0.3) is 0 Å². The van der Waals surface area contributed by atoms with Crippen LogP contribution in [0.1, 0.15) is 47.5 Å². The molecule has 3 fully saturated rings. The van der Waals surface area contributed by atoms with Gasteiger partial charge >= 0.3 is 0 Å². The normalized spacial score (nSPS) is 42.6. The van der Waals surface area contributed by atoms with Gasteiger partial charge in [0, 0.05) is 0 Å². The fourth-order valence-electron chi connectivity index (χ4n) is 4.10. The third-order valence-corrected chi connectivity index (χ3v) is 6.29. The molecule has 0 aromatic heterocycles. The van der Waals surface area contributed by atoms with Crippen molar-refractivity contribution >= 4 is 17.6 Å². The number of hydrogen-bond acceptors (Lipinski definition) is 0. The zero-order valence-electron chi connectivity index (χ0n) is 10.8. The zero-order chi connectivity index (χ0) is 11.4. The van der Waals surface area contributed by atoms with Crippen LogP contribution in [0.15, 0.2) is 0 Å². The van der Waals surface area contributed by atoms with Gasteiger partial charge in [-0.05, 0) is 35.4 Å². The molecule has 0 nitrogen and oxygen atoms in total. The summed E-state index contributed by atoms with van der Waals surface area (Å²) in [6, 6.07) is 0. The maximum absolute atomic E-state index is 6.57. The van der Waals surface area contributed by atoms with Crippen LogP contribution in [0, 0.1) is 23.2 Å². The van der Waals surface area contributed by atoms with Crippen molar-refractivity contribution in [2.75, 3.05) is 0 Å². The average molecular weight is 227 g/mol. The Kier molecular flexibility index (Phi) is 2.91. The van der Waals surface area contributed by atoms with E-state index in [0.29, 0.717) is 17.4 Å². The summed E-state index contributed by atoms with van der Waals surface area (Å²) in [6.45, 7) is 11.9. The van der Waals surface area contributed by atoms with Gasteiger partial charge in [0.1, 0.15) is 0 Å². The van der Waals surface area contributed by atoms with Crippen molar-refractivity contribution in [3.8, 4) is 0 Å². The summed E-state index contributed by atoms with van der Waals surface area (Å²) in [5, 5.41) is 0. The van der Waals surface area contributed by atoms with Gasteiger partial charge in [-0.2, -0.15) is 11.5 Å². The molecule has 4 atom stereocenters. The van der Waals surface area contributed by atoms with Crippen LogP contribution in [-0.2, 0) is 0 Å². The Morgan fingerprint density at radius 1 is 1.27 bits per heavy atom. The highest BCUT2D eigenvalue weighted by Gasteiger charge is 2.57. The molecule has 2 heteroatoms. The van der Waals surface area contributed by atoms with Crippen molar-refractivity contribution in [3.63, 3.8) is 0 Å². The number of rotatable bonds is 2. The van der Waals surface area contributed by atoms with Gasteiger partial charge < -0.3 is 0 Å². The summed E-state index contributed by atoms with van der Waals surface area (Å²) in [5.74, 6) is 4.10. The first-order chi connectivity index (χ1) is 6.85. The summed E-state index contributed by atoms with van der Waals surface area (Å²) in [4.78, 5) is 0. The molecule has 3 aliphatic rings. The molecule has 15 heavy (non-hydrogen) atoms. The van der Waals surface area contributed by atoms with Crippen LogP contribution >= 0.6 is 11.5 Å². The van der Waals surface area contributed by atoms with E-state index in [-0.39, 0.29) is 0 Å². The van der Waals surface area contributed by atoms with Crippen LogP contribution in [0.3, 0.4) is 0 Å². The van der Waals surface area contributed by atoms with Gasteiger partial charge in [0.15, 0.2) is 0 Å². The van der Waals surface area contributed by atoms with Gasteiger partial charge in [-0.3, -0.25) is 0 Å². The molecule has 0 N–H and O–H groups in total. The molecule has 0 heterocycles. The third-order valence-electron chi connectivity index (χ3n) is 5.46. The Balaban J connectivity index is 2.08. The Hall–Kier alpha value is 0.355. The first kappa shape index (κ1) is 11.8. The van der Waals surface area contributed by atoms with Gasteiger partial charge in [-0.25, -0.2) is 0 Å². The highest BCUT2D eigenvalue weighted by atomic mass is 35.5. The van der Waals surface area contributed by atoms with E-state index in [1.807, 2.05) is 0 Å². The molecule has 3 rings (SSSR count). The van der Waals surface area contributed by atoms with E-state index in [4.69, 9.17) is 11.5 Å². The van der Waals surface area contributed by atoms with Crippen LogP contribution in [0.4, 0.5) is 0 Å². The quantitative estimate of drug-likeness (QED) is 0.599. The molecule has 86 valence electrons. The first-order valence-electron chi connectivity index (χ1n) is 6.49. The molecule has 0 amide bonds. The largest absolute Gasteiger partial charge is 0.256 e. The molecule has 0 aromatic rings. The van der Waals surface area contributed by atoms with Crippen molar-refractivity contribution in [2.24, 2.45) is 23.2 Å². The van der Waals surface area contributed by atoms with E-state index in [2.05, 4.69) is 34.6 Å². The minimum atomic E-state index is 0.390. The summed E-state index contributed by atoms with van der Waals surface area (Å²) in [5.41, 5.74) is 0.601. The lowest BCUT2D eigenvalue weighted by molar-refractivity contribution is -0.0989. The molecule has 0 spiro atoms. The monoisotopic (exact) mass is 226 g/mol. The Bertz CT molecular complexity index is 249. The summed E-state index contributed by atoms with van der Waals surface area (Å²) in [6.07, 6.45) is 3.23. The molecular formula is C13H24BCl. The van der Waals surface area contributed by atoms with Crippen LogP contribution < -0.4 is 0 Å². The van der Waals surface area contributed by atoms with Crippen molar-refractivity contribution in [3.05, 3.63) is 0 Å². The lowest BCUT2D eigenvalue weighted by atomic mass is 9.35. The van der Waals surface area contributed by atoms with E-state index in [1.54, 1.807) is 0 Å². The fourth-order valence-corrected chi connectivity index (χ4v) is 4.44.